The van der Waals surface area contributed by atoms with Crippen LogP contribution in [0.5, 0.6) is 5.88 Å². The van der Waals surface area contributed by atoms with E-state index in [1.807, 2.05) is 24.7 Å². The number of carbonyl (C=O) groups is 1. The summed E-state index contributed by atoms with van der Waals surface area (Å²) in [7, 11) is 0. The molecular formula is C23H25N5O4. The molecule has 0 aromatic carbocycles. The molecule has 2 aliphatic carbocycles. The molecule has 9 nitrogen and oxygen atoms in total. The van der Waals surface area contributed by atoms with Crippen LogP contribution in [0.1, 0.15) is 55.9 Å². The fourth-order valence-electron chi connectivity index (χ4n) is 4.64. The Morgan fingerprint density at radius 1 is 1.34 bits per heavy atom. The van der Waals surface area contributed by atoms with Gasteiger partial charge in [0.25, 0.3) is 11.5 Å². The molecular weight excluding hydrogens is 410 g/mol. The smallest absolute Gasteiger partial charge is 0.274 e. The van der Waals surface area contributed by atoms with E-state index in [0.29, 0.717) is 18.4 Å². The van der Waals surface area contributed by atoms with E-state index < -0.39 is 5.91 Å². The van der Waals surface area contributed by atoms with Crippen molar-refractivity contribution in [2.24, 2.45) is 0 Å². The quantitative estimate of drug-likeness (QED) is 0.639. The van der Waals surface area contributed by atoms with E-state index in [1.54, 1.807) is 29.0 Å². The number of anilines is 1. The minimum atomic E-state index is -0.431. The third-order valence-electron chi connectivity index (χ3n) is 6.50. The molecule has 7 rings (SSSR count). The molecule has 0 atom stereocenters. The van der Waals surface area contributed by atoms with E-state index in [1.165, 1.54) is 0 Å². The lowest BCUT2D eigenvalue weighted by molar-refractivity contribution is 0.101. The van der Waals surface area contributed by atoms with Gasteiger partial charge in [0.1, 0.15) is 11.3 Å². The Balaban J connectivity index is 1.36. The molecule has 0 unspecified atom stereocenters. The van der Waals surface area contributed by atoms with Gasteiger partial charge in [0.15, 0.2) is 5.65 Å². The Bertz CT molecular complexity index is 1280. The van der Waals surface area contributed by atoms with E-state index in [2.05, 4.69) is 15.4 Å². The molecule has 2 saturated carbocycles. The first-order chi connectivity index (χ1) is 15.4. The maximum atomic E-state index is 13.2. The molecule has 2 bridgehead atoms. The summed E-state index contributed by atoms with van der Waals surface area (Å²) < 4.78 is 15.2. The predicted molar refractivity (Wildman–Crippen MR) is 117 cm³/mol. The van der Waals surface area contributed by atoms with E-state index in [9.17, 15) is 9.59 Å². The fourth-order valence-corrected chi connectivity index (χ4v) is 4.64. The summed E-state index contributed by atoms with van der Waals surface area (Å²) in [4.78, 5) is 30.5. The molecule has 3 aromatic heterocycles. The van der Waals surface area contributed by atoms with Crippen molar-refractivity contribution in [3.63, 3.8) is 0 Å². The molecule has 5 heterocycles. The zero-order valence-corrected chi connectivity index (χ0v) is 18.1. The molecule has 1 N–H and O–H groups in total. The molecule has 3 aromatic rings. The summed E-state index contributed by atoms with van der Waals surface area (Å²) >= 11 is 0. The number of amides is 1. The van der Waals surface area contributed by atoms with Gasteiger partial charge in [-0.3, -0.25) is 14.3 Å². The zero-order valence-electron chi connectivity index (χ0n) is 18.1. The van der Waals surface area contributed by atoms with Gasteiger partial charge in [-0.25, -0.2) is 0 Å². The lowest BCUT2D eigenvalue weighted by Gasteiger charge is -2.35. The van der Waals surface area contributed by atoms with E-state index >= 15 is 0 Å². The second-order valence-electron chi connectivity index (χ2n) is 9.38. The number of nitrogens with zero attached hydrogens (tertiary/aromatic N) is 4. The maximum absolute atomic E-state index is 13.2. The summed E-state index contributed by atoms with van der Waals surface area (Å²) in [6, 6.07) is 5.37. The van der Waals surface area contributed by atoms with Crippen molar-refractivity contribution in [2.45, 2.75) is 63.3 Å². The number of ether oxygens (including phenoxy) is 2. The summed E-state index contributed by atoms with van der Waals surface area (Å²) in [5.74, 6) is -0.222. The van der Waals surface area contributed by atoms with Crippen LogP contribution in [0.25, 0.3) is 11.0 Å². The highest BCUT2D eigenvalue weighted by Gasteiger charge is 2.54. The lowest BCUT2D eigenvalue weighted by atomic mass is 9.78. The Morgan fingerprint density at radius 3 is 2.84 bits per heavy atom. The number of fused-ring (bicyclic) bond motifs is 2. The van der Waals surface area contributed by atoms with Gasteiger partial charge in [0.2, 0.25) is 5.88 Å². The third-order valence-corrected chi connectivity index (χ3v) is 6.50. The number of aromatic nitrogens is 4. The third kappa shape index (κ3) is 3.10. The summed E-state index contributed by atoms with van der Waals surface area (Å²) in [6.45, 7) is 4.40. The average molecular weight is 435 g/mol. The van der Waals surface area contributed by atoms with Crippen molar-refractivity contribution < 1.29 is 14.3 Å². The molecule has 0 radical (unpaired) electrons. The minimum Gasteiger partial charge on any atom is -0.474 e. The highest BCUT2D eigenvalue weighted by Crippen LogP contribution is 2.48. The Kier molecular flexibility index (Phi) is 4.20. The standard InChI is InChI=1S/C23H25N5O4/c1-13(2)32-21-17(20(29)24-18-4-3-7-27(22(18)30)15-5-6-15)8-14-11-28(26-19(14)25-21)23-9-16(10-23)31-12-23/h3-4,7-8,11,13,15-16H,5-6,9-10,12H2,1-2H3,(H,24,29). The van der Waals surface area contributed by atoms with Gasteiger partial charge in [0, 0.05) is 36.7 Å². The number of nitrogens with one attached hydrogen (secondary N) is 1. The Morgan fingerprint density at radius 2 is 2.16 bits per heavy atom. The van der Waals surface area contributed by atoms with Crippen molar-refractivity contribution in [3.05, 3.63) is 46.5 Å². The number of pyridine rings is 2. The molecule has 2 saturated heterocycles. The molecule has 4 fully saturated rings. The largest absolute Gasteiger partial charge is 0.474 e. The van der Waals surface area contributed by atoms with Crippen molar-refractivity contribution >= 4 is 22.6 Å². The number of hydrogen-bond donors (Lipinski definition) is 1. The average Bonchev–Trinajstić information content (AvgIpc) is 3.16. The van der Waals surface area contributed by atoms with Crippen LogP contribution in [0.4, 0.5) is 5.69 Å². The van der Waals surface area contributed by atoms with Crippen molar-refractivity contribution in [1.82, 2.24) is 19.3 Å². The molecule has 4 aliphatic rings. The number of carbonyl (C=O) groups excluding carboxylic acids is 1. The minimum absolute atomic E-state index is 0.106. The second kappa shape index (κ2) is 6.90. The summed E-state index contributed by atoms with van der Waals surface area (Å²) in [6.07, 6.45) is 7.71. The van der Waals surface area contributed by atoms with Crippen LogP contribution in [0.15, 0.2) is 35.4 Å². The Hall–Kier alpha value is -3.20. The van der Waals surface area contributed by atoms with Gasteiger partial charge in [-0.05, 0) is 44.9 Å². The molecule has 1 amide bonds. The summed E-state index contributed by atoms with van der Waals surface area (Å²) in [5, 5.41) is 8.18. The van der Waals surface area contributed by atoms with E-state index in [0.717, 1.165) is 31.1 Å². The second-order valence-corrected chi connectivity index (χ2v) is 9.38. The van der Waals surface area contributed by atoms with E-state index in [4.69, 9.17) is 9.47 Å². The SMILES string of the molecule is CC(C)Oc1nc2nn(C34COC(C3)C4)cc2cc1C(=O)Nc1cccn(C2CC2)c1=O. The number of rotatable bonds is 6. The normalized spacial score (nSPS) is 24.0. The highest BCUT2D eigenvalue weighted by molar-refractivity contribution is 6.07. The molecule has 2 aliphatic heterocycles. The van der Waals surface area contributed by atoms with Crippen molar-refractivity contribution in [2.75, 3.05) is 11.9 Å². The predicted octanol–water partition coefficient (Wildman–Crippen LogP) is 2.86. The first-order valence-electron chi connectivity index (χ1n) is 11.1. The molecule has 166 valence electrons. The van der Waals surface area contributed by atoms with Crippen LogP contribution in [0.3, 0.4) is 0 Å². The number of hydrogen-bond acceptors (Lipinski definition) is 6. The van der Waals surface area contributed by atoms with Gasteiger partial charge in [-0.2, -0.15) is 10.1 Å². The zero-order chi connectivity index (χ0) is 22.0. The van der Waals surface area contributed by atoms with Gasteiger partial charge in [-0.15, -0.1) is 0 Å². The lowest BCUT2D eigenvalue weighted by Crippen LogP contribution is -2.43. The van der Waals surface area contributed by atoms with Gasteiger partial charge in [-0.1, -0.05) is 0 Å². The van der Waals surface area contributed by atoms with Crippen LogP contribution in [-0.2, 0) is 10.3 Å². The van der Waals surface area contributed by atoms with Crippen LogP contribution < -0.4 is 15.6 Å². The van der Waals surface area contributed by atoms with Crippen molar-refractivity contribution in [1.29, 1.82) is 0 Å². The van der Waals surface area contributed by atoms with Gasteiger partial charge < -0.3 is 19.4 Å². The van der Waals surface area contributed by atoms with Crippen LogP contribution in [0, 0.1) is 0 Å². The van der Waals surface area contributed by atoms with Crippen LogP contribution >= 0.6 is 0 Å². The first-order valence-corrected chi connectivity index (χ1v) is 11.1. The molecule has 9 heteroatoms. The van der Waals surface area contributed by atoms with Crippen LogP contribution in [0.2, 0.25) is 0 Å². The fraction of sp³-hybridized carbons (Fsp3) is 0.478. The monoisotopic (exact) mass is 435 g/mol. The van der Waals surface area contributed by atoms with Crippen molar-refractivity contribution in [3.8, 4) is 5.88 Å². The maximum Gasteiger partial charge on any atom is 0.274 e. The van der Waals surface area contributed by atoms with Gasteiger partial charge >= 0.3 is 0 Å². The Labute approximate surface area is 184 Å². The highest BCUT2D eigenvalue weighted by atomic mass is 16.5. The van der Waals surface area contributed by atoms with Crippen LogP contribution in [-0.4, -0.2) is 44.1 Å². The molecule has 32 heavy (non-hydrogen) atoms. The topological polar surface area (TPSA) is 100 Å². The van der Waals surface area contributed by atoms with Gasteiger partial charge in [0.05, 0.1) is 24.4 Å². The summed E-state index contributed by atoms with van der Waals surface area (Å²) in [5.41, 5.74) is 0.746. The first kappa shape index (κ1) is 19.5. The van der Waals surface area contributed by atoms with E-state index in [-0.39, 0.29) is 40.4 Å². The molecule has 0 spiro atoms.